The van der Waals surface area contributed by atoms with Crippen LogP contribution >= 0.6 is 0 Å². The van der Waals surface area contributed by atoms with E-state index in [2.05, 4.69) is 33.8 Å². The molecule has 17 heavy (non-hydrogen) atoms. The lowest BCUT2D eigenvalue weighted by atomic mass is 9.67. The molecule has 1 aliphatic carbocycles. The molecule has 4 unspecified atom stereocenters. The van der Waals surface area contributed by atoms with Crippen LogP contribution in [0.25, 0.3) is 0 Å². The molecule has 0 spiro atoms. The first-order chi connectivity index (χ1) is 7.93. The first-order valence-corrected chi connectivity index (χ1v) is 7.37. The van der Waals surface area contributed by atoms with Gasteiger partial charge in [-0.25, -0.2) is 0 Å². The third-order valence-corrected chi connectivity index (χ3v) is 4.49. The van der Waals surface area contributed by atoms with Crippen LogP contribution in [0.5, 0.6) is 0 Å². The van der Waals surface area contributed by atoms with Gasteiger partial charge in [-0.1, -0.05) is 40.2 Å². The van der Waals surface area contributed by atoms with Gasteiger partial charge in [0, 0.05) is 5.70 Å². The van der Waals surface area contributed by atoms with Crippen LogP contribution in [0.1, 0.15) is 60.3 Å². The van der Waals surface area contributed by atoms with Crippen molar-refractivity contribution in [2.45, 2.75) is 60.3 Å². The molecule has 0 bridgehead atoms. The zero-order chi connectivity index (χ0) is 13.0. The van der Waals surface area contributed by atoms with Gasteiger partial charge < -0.3 is 5.73 Å². The topological polar surface area (TPSA) is 26.0 Å². The summed E-state index contributed by atoms with van der Waals surface area (Å²) in [4.78, 5) is 0. The third-order valence-electron chi connectivity index (χ3n) is 4.49. The molecule has 0 aromatic heterocycles. The van der Waals surface area contributed by atoms with Gasteiger partial charge in [-0.2, -0.15) is 0 Å². The van der Waals surface area contributed by atoms with Gasteiger partial charge in [-0.15, -0.1) is 0 Å². The summed E-state index contributed by atoms with van der Waals surface area (Å²) in [6.07, 6.45) is 7.82. The summed E-state index contributed by atoms with van der Waals surface area (Å²) >= 11 is 0. The first kappa shape index (κ1) is 14.6. The van der Waals surface area contributed by atoms with Crippen LogP contribution in [0.3, 0.4) is 0 Å². The predicted molar refractivity (Wildman–Crippen MR) is 76.6 cm³/mol. The standard InChI is InChI=1S/C16H31N/c1-6-16(13(4)10-14(5)17)15-8-11(2)7-12(3)9-15/h10-13,15-16H,6-9,17H2,1-5H3/b14-10+. The predicted octanol–water partition coefficient (Wildman–Crippen LogP) is 4.58. The molecule has 0 saturated heterocycles. The molecule has 0 radical (unpaired) electrons. The molecule has 0 aliphatic heterocycles. The zero-order valence-electron chi connectivity index (χ0n) is 12.4. The molecule has 1 aliphatic rings. The van der Waals surface area contributed by atoms with Gasteiger partial charge in [0.2, 0.25) is 0 Å². The number of rotatable bonds is 4. The Bertz CT molecular complexity index is 242. The Hall–Kier alpha value is -0.460. The molecule has 1 fully saturated rings. The van der Waals surface area contributed by atoms with Crippen molar-refractivity contribution in [2.24, 2.45) is 35.3 Å². The fraction of sp³-hybridized carbons (Fsp3) is 0.875. The average Bonchev–Trinajstić information content (AvgIpc) is 2.15. The smallest absolute Gasteiger partial charge is 0.00111 e. The van der Waals surface area contributed by atoms with Gasteiger partial charge in [0.25, 0.3) is 0 Å². The number of hydrogen-bond donors (Lipinski definition) is 1. The molecular formula is C16H31N. The fourth-order valence-corrected chi connectivity index (χ4v) is 4.03. The van der Waals surface area contributed by atoms with Gasteiger partial charge in [-0.05, 0) is 55.8 Å². The maximum atomic E-state index is 5.83. The van der Waals surface area contributed by atoms with Crippen molar-refractivity contribution in [3.63, 3.8) is 0 Å². The first-order valence-electron chi connectivity index (χ1n) is 7.37. The van der Waals surface area contributed by atoms with Crippen LogP contribution in [-0.4, -0.2) is 0 Å². The Balaban J connectivity index is 2.69. The largest absolute Gasteiger partial charge is 0.403 e. The molecule has 1 nitrogen and oxygen atoms in total. The maximum Gasteiger partial charge on any atom is 0.00111 e. The molecule has 0 aromatic carbocycles. The molecule has 0 amide bonds. The van der Waals surface area contributed by atoms with Crippen LogP contribution in [-0.2, 0) is 0 Å². The van der Waals surface area contributed by atoms with Crippen molar-refractivity contribution < 1.29 is 0 Å². The summed E-state index contributed by atoms with van der Waals surface area (Å²) in [7, 11) is 0. The third kappa shape index (κ3) is 4.37. The Morgan fingerprint density at radius 2 is 1.76 bits per heavy atom. The molecule has 1 saturated carbocycles. The highest BCUT2D eigenvalue weighted by molar-refractivity contribution is 4.98. The SMILES string of the molecule is CCC(C(C)/C=C(\C)N)C1CC(C)CC(C)C1. The van der Waals surface area contributed by atoms with Gasteiger partial charge in [0.15, 0.2) is 0 Å². The summed E-state index contributed by atoms with van der Waals surface area (Å²) in [5, 5.41) is 0. The monoisotopic (exact) mass is 237 g/mol. The van der Waals surface area contributed by atoms with E-state index in [1.54, 1.807) is 0 Å². The Labute approximate surface area is 108 Å². The van der Waals surface area contributed by atoms with Gasteiger partial charge in [-0.3, -0.25) is 0 Å². The summed E-state index contributed by atoms with van der Waals surface area (Å²) in [6.45, 7) is 11.5. The van der Waals surface area contributed by atoms with E-state index < -0.39 is 0 Å². The summed E-state index contributed by atoms with van der Waals surface area (Å²) < 4.78 is 0. The van der Waals surface area contributed by atoms with E-state index in [0.717, 1.165) is 29.4 Å². The quantitative estimate of drug-likeness (QED) is 0.760. The van der Waals surface area contributed by atoms with Crippen LogP contribution in [0.2, 0.25) is 0 Å². The van der Waals surface area contributed by atoms with E-state index in [-0.39, 0.29) is 0 Å². The number of allylic oxidation sites excluding steroid dienone is 2. The molecular weight excluding hydrogens is 206 g/mol. The average molecular weight is 237 g/mol. The summed E-state index contributed by atoms with van der Waals surface area (Å²) in [5.74, 6) is 4.18. The van der Waals surface area contributed by atoms with Crippen LogP contribution in [0, 0.1) is 29.6 Å². The summed E-state index contributed by atoms with van der Waals surface area (Å²) in [6, 6.07) is 0. The van der Waals surface area contributed by atoms with Crippen LogP contribution in [0.4, 0.5) is 0 Å². The highest BCUT2D eigenvalue weighted by Crippen LogP contribution is 2.41. The minimum absolute atomic E-state index is 0.632. The molecule has 1 rings (SSSR count). The Morgan fingerprint density at radius 3 is 2.18 bits per heavy atom. The lowest BCUT2D eigenvalue weighted by Gasteiger charge is -2.38. The van der Waals surface area contributed by atoms with Crippen molar-refractivity contribution in [3.05, 3.63) is 11.8 Å². The van der Waals surface area contributed by atoms with Gasteiger partial charge in [0.05, 0.1) is 0 Å². The lowest BCUT2D eigenvalue weighted by Crippen LogP contribution is -2.29. The van der Waals surface area contributed by atoms with Gasteiger partial charge in [0.1, 0.15) is 0 Å². The molecule has 0 aromatic rings. The lowest BCUT2D eigenvalue weighted by molar-refractivity contribution is 0.135. The van der Waals surface area contributed by atoms with Crippen molar-refractivity contribution in [1.82, 2.24) is 0 Å². The van der Waals surface area contributed by atoms with Gasteiger partial charge >= 0.3 is 0 Å². The van der Waals surface area contributed by atoms with E-state index in [4.69, 9.17) is 5.73 Å². The normalized spacial score (nSPS) is 34.4. The van der Waals surface area contributed by atoms with E-state index in [1.165, 1.54) is 25.7 Å². The molecule has 2 N–H and O–H groups in total. The molecule has 1 heteroatoms. The van der Waals surface area contributed by atoms with Crippen molar-refractivity contribution in [3.8, 4) is 0 Å². The van der Waals surface area contributed by atoms with Crippen molar-refractivity contribution >= 4 is 0 Å². The zero-order valence-corrected chi connectivity index (χ0v) is 12.4. The van der Waals surface area contributed by atoms with E-state index in [0.29, 0.717) is 5.92 Å². The maximum absolute atomic E-state index is 5.83. The summed E-state index contributed by atoms with van der Waals surface area (Å²) in [5.41, 5.74) is 6.81. The minimum Gasteiger partial charge on any atom is -0.403 e. The van der Waals surface area contributed by atoms with Crippen LogP contribution < -0.4 is 5.73 Å². The fourth-order valence-electron chi connectivity index (χ4n) is 4.03. The van der Waals surface area contributed by atoms with Crippen molar-refractivity contribution in [1.29, 1.82) is 0 Å². The Kier molecular flexibility index (Phi) is 5.55. The van der Waals surface area contributed by atoms with E-state index >= 15 is 0 Å². The second-order valence-corrected chi connectivity index (χ2v) is 6.52. The second-order valence-electron chi connectivity index (χ2n) is 6.52. The highest BCUT2D eigenvalue weighted by Gasteiger charge is 2.31. The molecule has 100 valence electrons. The van der Waals surface area contributed by atoms with E-state index in [9.17, 15) is 0 Å². The second kappa shape index (κ2) is 6.47. The molecule has 0 heterocycles. The number of nitrogens with two attached hydrogens (primary N) is 1. The Morgan fingerprint density at radius 1 is 1.24 bits per heavy atom. The van der Waals surface area contributed by atoms with Crippen LogP contribution in [0.15, 0.2) is 11.8 Å². The van der Waals surface area contributed by atoms with Crippen molar-refractivity contribution in [2.75, 3.05) is 0 Å². The van der Waals surface area contributed by atoms with E-state index in [1.807, 2.05) is 6.92 Å². The highest BCUT2D eigenvalue weighted by atomic mass is 14.5. The molecule has 4 atom stereocenters. The number of hydrogen-bond acceptors (Lipinski definition) is 1. The minimum atomic E-state index is 0.632.